The van der Waals surface area contributed by atoms with E-state index >= 15 is 0 Å². The number of carbonyl (C=O) groups is 3. The van der Waals surface area contributed by atoms with Crippen molar-refractivity contribution in [2.75, 3.05) is 6.61 Å². The lowest BCUT2D eigenvalue weighted by Gasteiger charge is -2.25. The van der Waals surface area contributed by atoms with Crippen molar-refractivity contribution in [2.24, 2.45) is 5.92 Å². The summed E-state index contributed by atoms with van der Waals surface area (Å²) in [6.45, 7) is 5.73. The number of aliphatic carboxylic acids is 1. The van der Waals surface area contributed by atoms with Gasteiger partial charge in [0.2, 0.25) is 5.91 Å². The Morgan fingerprint density at radius 1 is 0.970 bits per heavy atom. The molecule has 0 saturated carbocycles. The Morgan fingerprint density at radius 2 is 1.55 bits per heavy atom. The molecule has 1 aliphatic rings. The van der Waals surface area contributed by atoms with Crippen molar-refractivity contribution in [1.82, 2.24) is 10.6 Å². The topological polar surface area (TPSA) is 105 Å². The Bertz CT molecular complexity index is 958. The number of carboxylic acids is 1. The average Bonchev–Trinajstić information content (AvgIpc) is 3.12. The van der Waals surface area contributed by atoms with Gasteiger partial charge in [-0.25, -0.2) is 4.79 Å². The molecule has 0 heterocycles. The van der Waals surface area contributed by atoms with Gasteiger partial charge in [0.15, 0.2) is 0 Å². The molecule has 176 valence electrons. The normalized spacial score (nSPS) is 14.2. The molecule has 7 nitrogen and oxygen atoms in total. The van der Waals surface area contributed by atoms with Crippen LogP contribution in [0, 0.1) is 5.92 Å². The molecule has 0 spiro atoms. The summed E-state index contributed by atoms with van der Waals surface area (Å²) in [7, 11) is 0. The summed E-state index contributed by atoms with van der Waals surface area (Å²) in [4.78, 5) is 36.3. The number of nitrogens with one attached hydrogen (secondary N) is 2. The van der Waals surface area contributed by atoms with Crippen molar-refractivity contribution in [3.63, 3.8) is 0 Å². The smallest absolute Gasteiger partial charge is 0.407 e. The molecule has 3 N–H and O–H groups in total. The summed E-state index contributed by atoms with van der Waals surface area (Å²) in [5, 5.41) is 14.4. The molecule has 0 fully saturated rings. The van der Waals surface area contributed by atoms with E-state index in [1.165, 1.54) is 0 Å². The summed E-state index contributed by atoms with van der Waals surface area (Å²) < 4.78 is 5.57. The first-order valence-corrected chi connectivity index (χ1v) is 11.5. The van der Waals surface area contributed by atoms with E-state index in [0.717, 1.165) is 22.3 Å². The van der Waals surface area contributed by atoms with Gasteiger partial charge >= 0.3 is 12.1 Å². The summed E-state index contributed by atoms with van der Waals surface area (Å²) in [5.41, 5.74) is 4.53. The van der Waals surface area contributed by atoms with Gasteiger partial charge in [-0.1, -0.05) is 69.3 Å². The van der Waals surface area contributed by atoms with E-state index in [2.05, 4.69) is 22.8 Å². The minimum Gasteiger partial charge on any atom is -0.481 e. The van der Waals surface area contributed by atoms with Crippen LogP contribution < -0.4 is 10.6 Å². The van der Waals surface area contributed by atoms with Crippen molar-refractivity contribution in [2.45, 2.75) is 58.0 Å². The molecule has 2 unspecified atom stereocenters. The highest BCUT2D eigenvalue weighted by Gasteiger charge is 2.30. The number of alkyl carbamates (subject to hydrolysis) is 1. The Labute approximate surface area is 194 Å². The molecule has 7 heteroatoms. The predicted octanol–water partition coefficient (Wildman–Crippen LogP) is 4.31. The number of ether oxygens (including phenoxy) is 1. The third-order valence-electron chi connectivity index (χ3n) is 6.11. The van der Waals surface area contributed by atoms with Crippen LogP contribution in [0.3, 0.4) is 0 Å². The highest BCUT2D eigenvalue weighted by Crippen LogP contribution is 2.44. The quantitative estimate of drug-likeness (QED) is 0.498. The number of benzene rings is 2. The van der Waals surface area contributed by atoms with Gasteiger partial charge in [0, 0.05) is 18.4 Å². The van der Waals surface area contributed by atoms with Crippen LogP contribution in [0.5, 0.6) is 0 Å². The second kappa shape index (κ2) is 11.0. The number of carboxylic acid groups (broad SMARTS) is 1. The van der Waals surface area contributed by atoms with Gasteiger partial charge in [0.05, 0.1) is 0 Å². The Balaban J connectivity index is 1.62. The Kier molecular flexibility index (Phi) is 8.09. The minimum absolute atomic E-state index is 0.0229. The largest absolute Gasteiger partial charge is 0.481 e. The van der Waals surface area contributed by atoms with Crippen LogP contribution in [0.4, 0.5) is 4.79 Å². The third kappa shape index (κ3) is 5.92. The SMILES string of the molecule is CCC(CCC(=O)O)NC(=O)C(NC(=O)OCC1c2ccccc2-c2ccccc21)C(C)C. The first kappa shape index (κ1) is 24.3. The van der Waals surface area contributed by atoms with E-state index in [-0.39, 0.29) is 36.8 Å². The minimum atomic E-state index is -0.903. The average molecular weight is 453 g/mol. The lowest BCUT2D eigenvalue weighted by molar-refractivity contribution is -0.137. The number of fused-ring (bicyclic) bond motifs is 3. The Morgan fingerprint density at radius 3 is 2.06 bits per heavy atom. The highest BCUT2D eigenvalue weighted by atomic mass is 16.5. The number of rotatable bonds is 10. The Hall–Kier alpha value is -3.35. The monoisotopic (exact) mass is 452 g/mol. The van der Waals surface area contributed by atoms with Crippen molar-refractivity contribution in [3.05, 3.63) is 59.7 Å². The number of amides is 2. The van der Waals surface area contributed by atoms with Gasteiger partial charge in [0.1, 0.15) is 12.6 Å². The first-order chi connectivity index (χ1) is 15.8. The van der Waals surface area contributed by atoms with Crippen molar-refractivity contribution in [3.8, 4) is 11.1 Å². The van der Waals surface area contributed by atoms with Crippen LogP contribution in [-0.2, 0) is 14.3 Å². The van der Waals surface area contributed by atoms with Crippen LogP contribution in [0.25, 0.3) is 11.1 Å². The zero-order valence-electron chi connectivity index (χ0n) is 19.3. The van der Waals surface area contributed by atoms with Gasteiger partial charge in [0.25, 0.3) is 0 Å². The van der Waals surface area contributed by atoms with Gasteiger partial charge in [-0.05, 0) is 41.0 Å². The molecule has 2 amide bonds. The van der Waals surface area contributed by atoms with Crippen LogP contribution >= 0.6 is 0 Å². The van der Waals surface area contributed by atoms with Crippen molar-refractivity contribution < 1.29 is 24.2 Å². The highest BCUT2D eigenvalue weighted by molar-refractivity contribution is 5.86. The standard InChI is InChI=1S/C26H32N2O5/c1-4-17(13-14-23(29)30)27-25(31)24(16(2)3)28-26(32)33-15-22-20-11-7-5-9-18(20)19-10-6-8-12-21(19)22/h5-12,16-17,22,24H,4,13-15H2,1-3H3,(H,27,31)(H,28,32)(H,29,30). The predicted molar refractivity (Wildman–Crippen MR) is 126 cm³/mol. The number of carbonyl (C=O) groups excluding carboxylic acids is 2. The van der Waals surface area contributed by atoms with E-state index < -0.39 is 18.1 Å². The zero-order valence-corrected chi connectivity index (χ0v) is 19.3. The molecular weight excluding hydrogens is 420 g/mol. The van der Waals surface area contributed by atoms with E-state index in [0.29, 0.717) is 12.8 Å². The van der Waals surface area contributed by atoms with E-state index in [1.807, 2.05) is 57.2 Å². The molecular formula is C26H32N2O5. The molecule has 3 rings (SSSR count). The maximum absolute atomic E-state index is 12.8. The molecule has 0 radical (unpaired) electrons. The lowest BCUT2D eigenvalue weighted by Crippen LogP contribution is -2.52. The number of hydrogen-bond donors (Lipinski definition) is 3. The van der Waals surface area contributed by atoms with Crippen LogP contribution in [-0.4, -0.2) is 41.8 Å². The second-order valence-corrected chi connectivity index (χ2v) is 8.74. The molecule has 2 aromatic rings. The van der Waals surface area contributed by atoms with E-state index in [4.69, 9.17) is 9.84 Å². The zero-order chi connectivity index (χ0) is 24.0. The molecule has 0 aromatic heterocycles. The van der Waals surface area contributed by atoms with E-state index in [1.54, 1.807) is 0 Å². The molecule has 2 aromatic carbocycles. The second-order valence-electron chi connectivity index (χ2n) is 8.74. The molecule has 1 aliphatic carbocycles. The van der Waals surface area contributed by atoms with Crippen LogP contribution in [0.2, 0.25) is 0 Å². The summed E-state index contributed by atoms with van der Waals surface area (Å²) in [6, 6.07) is 15.1. The fraction of sp³-hybridized carbons (Fsp3) is 0.423. The molecule has 0 aliphatic heterocycles. The molecule has 0 saturated heterocycles. The summed E-state index contributed by atoms with van der Waals surface area (Å²) >= 11 is 0. The maximum atomic E-state index is 12.8. The molecule has 2 atom stereocenters. The lowest BCUT2D eigenvalue weighted by atomic mass is 9.98. The summed E-state index contributed by atoms with van der Waals surface area (Å²) in [5.74, 6) is -1.46. The number of hydrogen-bond acceptors (Lipinski definition) is 4. The fourth-order valence-corrected chi connectivity index (χ4v) is 4.27. The van der Waals surface area contributed by atoms with Crippen molar-refractivity contribution >= 4 is 18.0 Å². The van der Waals surface area contributed by atoms with Gasteiger partial charge in [-0.3, -0.25) is 9.59 Å². The first-order valence-electron chi connectivity index (χ1n) is 11.5. The summed E-state index contributed by atoms with van der Waals surface area (Å²) in [6.07, 6.45) is 0.275. The molecule has 0 bridgehead atoms. The third-order valence-corrected chi connectivity index (χ3v) is 6.11. The van der Waals surface area contributed by atoms with Gasteiger partial charge in [-0.2, -0.15) is 0 Å². The maximum Gasteiger partial charge on any atom is 0.407 e. The van der Waals surface area contributed by atoms with Crippen LogP contribution in [0.1, 0.15) is 57.1 Å². The van der Waals surface area contributed by atoms with Crippen molar-refractivity contribution in [1.29, 1.82) is 0 Å². The fourth-order valence-electron chi connectivity index (χ4n) is 4.27. The van der Waals surface area contributed by atoms with E-state index in [9.17, 15) is 14.4 Å². The van der Waals surface area contributed by atoms with Crippen LogP contribution in [0.15, 0.2) is 48.5 Å². The molecule has 33 heavy (non-hydrogen) atoms. The van der Waals surface area contributed by atoms with Gasteiger partial charge < -0.3 is 20.5 Å². The van der Waals surface area contributed by atoms with Gasteiger partial charge in [-0.15, -0.1) is 0 Å².